The molecule has 0 aliphatic carbocycles. The zero-order chi connectivity index (χ0) is 22.0. The van der Waals surface area contributed by atoms with Crippen molar-refractivity contribution < 1.29 is 13.9 Å². The Morgan fingerprint density at radius 3 is 2.68 bits per heavy atom. The summed E-state index contributed by atoms with van der Waals surface area (Å²) in [5.41, 5.74) is 1.54. The molecule has 2 heterocycles. The number of hydrogen-bond acceptors (Lipinski definition) is 5. The number of hydrogen-bond donors (Lipinski definition) is 0. The number of unbranched alkanes of at least 4 members (excludes halogenated alkanes) is 1. The summed E-state index contributed by atoms with van der Waals surface area (Å²) in [6, 6.07) is 14.3. The van der Waals surface area contributed by atoms with E-state index in [0.29, 0.717) is 36.2 Å². The lowest BCUT2D eigenvalue weighted by Gasteiger charge is -2.26. The van der Waals surface area contributed by atoms with E-state index in [9.17, 15) is 9.59 Å². The molecule has 6 heteroatoms. The van der Waals surface area contributed by atoms with Crippen LogP contribution >= 0.6 is 0 Å². The van der Waals surface area contributed by atoms with Crippen molar-refractivity contribution in [2.45, 2.75) is 25.8 Å². The molecule has 0 radical (unpaired) electrons. The predicted octanol–water partition coefficient (Wildman–Crippen LogP) is 4.08. The van der Waals surface area contributed by atoms with Gasteiger partial charge in [0.15, 0.2) is 5.43 Å². The molecule has 2 aromatic carbocycles. The SMILES string of the molecule is CCCCOc1cccc(C2c3c(oc4ccccc4c3=O)C(=O)N2CCN(C)C)c1. The first-order chi connectivity index (χ1) is 15.0. The Morgan fingerprint density at radius 2 is 1.90 bits per heavy atom. The fraction of sp³-hybridized carbons (Fsp3) is 0.360. The van der Waals surface area contributed by atoms with Crippen LogP contribution in [-0.4, -0.2) is 49.5 Å². The Labute approximate surface area is 182 Å². The van der Waals surface area contributed by atoms with E-state index < -0.39 is 6.04 Å². The predicted molar refractivity (Wildman–Crippen MR) is 121 cm³/mol. The van der Waals surface area contributed by atoms with Crippen molar-refractivity contribution in [3.05, 3.63) is 75.6 Å². The van der Waals surface area contributed by atoms with Crippen LogP contribution in [0.25, 0.3) is 11.0 Å². The van der Waals surface area contributed by atoms with Gasteiger partial charge in [0.1, 0.15) is 11.3 Å². The molecule has 3 aromatic rings. The molecule has 1 aromatic heterocycles. The third-order valence-electron chi connectivity index (χ3n) is 5.60. The standard InChI is InChI=1S/C25H28N2O4/c1-4-5-15-30-18-10-8-9-17(16-18)22-21-23(28)19-11-6-7-12-20(19)31-24(21)25(29)27(22)14-13-26(2)3/h6-12,16,22H,4-5,13-15H2,1-3H3. The highest BCUT2D eigenvalue weighted by Crippen LogP contribution is 2.38. The van der Waals surface area contributed by atoms with Crippen LogP contribution in [0, 0.1) is 0 Å². The number of rotatable bonds is 8. The normalized spacial score (nSPS) is 15.7. The number of carbonyl (C=O) groups is 1. The van der Waals surface area contributed by atoms with E-state index >= 15 is 0 Å². The Morgan fingerprint density at radius 1 is 1.10 bits per heavy atom. The first-order valence-electron chi connectivity index (χ1n) is 10.8. The molecular formula is C25H28N2O4. The van der Waals surface area contributed by atoms with Gasteiger partial charge in [-0.05, 0) is 50.3 Å². The van der Waals surface area contributed by atoms with Crippen LogP contribution in [0.5, 0.6) is 5.75 Å². The summed E-state index contributed by atoms with van der Waals surface area (Å²) in [4.78, 5) is 30.5. The summed E-state index contributed by atoms with van der Waals surface area (Å²) in [6.07, 6.45) is 2.02. The van der Waals surface area contributed by atoms with Crippen LogP contribution in [0.15, 0.2) is 57.7 Å². The van der Waals surface area contributed by atoms with Gasteiger partial charge in [-0.2, -0.15) is 0 Å². The highest BCUT2D eigenvalue weighted by Gasteiger charge is 2.42. The lowest BCUT2D eigenvalue weighted by atomic mass is 9.98. The van der Waals surface area contributed by atoms with E-state index in [4.69, 9.17) is 9.15 Å². The lowest BCUT2D eigenvalue weighted by Crippen LogP contribution is -2.35. The number of para-hydroxylation sites is 1. The molecule has 0 N–H and O–H groups in total. The van der Waals surface area contributed by atoms with Crippen LogP contribution < -0.4 is 10.2 Å². The molecule has 31 heavy (non-hydrogen) atoms. The lowest BCUT2D eigenvalue weighted by molar-refractivity contribution is 0.0716. The first-order valence-corrected chi connectivity index (χ1v) is 10.8. The molecule has 0 bridgehead atoms. The van der Waals surface area contributed by atoms with E-state index in [1.807, 2.05) is 49.3 Å². The van der Waals surface area contributed by atoms with Crippen LogP contribution in [0.4, 0.5) is 0 Å². The van der Waals surface area contributed by atoms with E-state index in [2.05, 4.69) is 6.92 Å². The minimum Gasteiger partial charge on any atom is -0.494 e. The fourth-order valence-corrected chi connectivity index (χ4v) is 3.96. The van der Waals surface area contributed by atoms with Gasteiger partial charge in [0, 0.05) is 13.1 Å². The smallest absolute Gasteiger partial charge is 0.290 e. The van der Waals surface area contributed by atoms with Gasteiger partial charge in [-0.15, -0.1) is 0 Å². The van der Waals surface area contributed by atoms with Crippen LogP contribution in [0.1, 0.15) is 47.5 Å². The van der Waals surface area contributed by atoms with E-state index in [-0.39, 0.29) is 17.1 Å². The molecule has 0 saturated carbocycles. The van der Waals surface area contributed by atoms with Crippen molar-refractivity contribution in [3.63, 3.8) is 0 Å². The zero-order valence-corrected chi connectivity index (χ0v) is 18.3. The Hall–Kier alpha value is -3.12. The molecule has 1 aliphatic heterocycles. The molecule has 0 saturated heterocycles. The zero-order valence-electron chi connectivity index (χ0n) is 18.3. The van der Waals surface area contributed by atoms with Crippen molar-refractivity contribution >= 4 is 16.9 Å². The molecular weight excluding hydrogens is 392 g/mol. The van der Waals surface area contributed by atoms with Crippen molar-refractivity contribution in [1.29, 1.82) is 0 Å². The number of fused-ring (bicyclic) bond motifs is 2. The maximum Gasteiger partial charge on any atom is 0.290 e. The number of nitrogens with zero attached hydrogens (tertiary/aromatic N) is 2. The van der Waals surface area contributed by atoms with Gasteiger partial charge < -0.3 is 19.0 Å². The maximum absolute atomic E-state index is 13.4. The topological polar surface area (TPSA) is 63.0 Å². The molecule has 0 spiro atoms. The Bertz CT molecular complexity index is 1150. The van der Waals surface area contributed by atoms with Crippen molar-refractivity contribution in [3.8, 4) is 5.75 Å². The molecule has 1 unspecified atom stereocenters. The molecule has 1 aliphatic rings. The van der Waals surface area contributed by atoms with Gasteiger partial charge >= 0.3 is 0 Å². The largest absolute Gasteiger partial charge is 0.494 e. The number of ether oxygens (including phenoxy) is 1. The minimum atomic E-state index is -0.502. The maximum atomic E-state index is 13.4. The summed E-state index contributed by atoms with van der Waals surface area (Å²) in [6.45, 7) is 3.92. The monoisotopic (exact) mass is 420 g/mol. The number of benzene rings is 2. The van der Waals surface area contributed by atoms with E-state index in [1.54, 1.807) is 23.1 Å². The summed E-state index contributed by atoms with van der Waals surface area (Å²) in [5, 5.41) is 0.490. The summed E-state index contributed by atoms with van der Waals surface area (Å²) in [7, 11) is 3.92. The summed E-state index contributed by atoms with van der Waals surface area (Å²) >= 11 is 0. The average molecular weight is 421 g/mol. The fourth-order valence-electron chi connectivity index (χ4n) is 3.96. The van der Waals surface area contributed by atoms with E-state index in [0.717, 1.165) is 24.2 Å². The highest BCUT2D eigenvalue weighted by molar-refractivity contribution is 5.99. The number of likely N-dealkylation sites (N-methyl/N-ethyl adjacent to an activating group) is 1. The molecule has 6 nitrogen and oxygen atoms in total. The quantitative estimate of drug-likeness (QED) is 0.514. The molecule has 1 amide bonds. The van der Waals surface area contributed by atoms with Crippen molar-refractivity contribution in [2.75, 3.05) is 33.8 Å². The van der Waals surface area contributed by atoms with Crippen LogP contribution in [0.3, 0.4) is 0 Å². The third kappa shape index (κ3) is 4.08. The summed E-state index contributed by atoms with van der Waals surface area (Å²) < 4.78 is 11.8. The molecule has 162 valence electrons. The molecule has 4 rings (SSSR count). The van der Waals surface area contributed by atoms with Gasteiger partial charge in [-0.1, -0.05) is 37.6 Å². The highest BCUT2D eigenvalue weighted by atomic mass is 16.5. The van der Waals surface area contributed by atoms with Gasteiger partial charge in [0.05, 0.1) is 23.6 Å². The van der Waals surface area contributed by atoms with E-state index in [1.165, 1.54) is 0 Å². The second-order valence-electron chi connectivity index (χ2n) is 8.15. The second kappa shape index (κ2) is 8.94. The van der Waals surface area contributed by atoms with Crippen molar-refractivity contribution in [1.82, 2.24) is 9.80 Å². The second-order valence-corrected chi connectivity index (χ2v) is 8.15. The minimum absolute atomic E-state index is 0.143. The van der Waals surface area contributed by atoms with Crippen LogP contribution in [0.2, 0.25) is 0 Å². The van der Waals surface area contributed by atoms with Crippen molar-refractivity contribution in [2.24, 2.45) is 0 Å². The first kappa shape index (κ1) is 21.1. The van der Waals surface area contributed by atoms with Gasteiger partial charge in [0.2, 0.25) is 5.76 Å². The average Bonchev–Trinajstić information content (AvgIpc) is 3.05. The number of amides is 1. The molecule has 1 atom stereocenters. The molecule has 0 fully saturated rings. The third-order valence-corrected chi connectivity index (χ3v) is 5.60. The van der Waals surface area contributed by atoms with Gasteiger partial charge in [0.25, 0.3) is 5.91 Å². The van der Waals surface area contributed by atoms with Gasteiger partial charge in [-0.25, -0.2) is 0 Å². The van der Waals surface area contributed by atoms with Gasteiger partial charge in [-0.3, -0.25) is 9.59 Å². The summed E-state index contributed by atoms with van der Waals surface area (Å²) in [5.74, 6) is 0.636. The Balaban J connectivity index is 1.82. The Kier molecular flexibility index (Phi) is 6.09. The number of carbonyl (C=O) groups excluding carboxylic acids is 1. The van der Waals surface area contributed by atoms with Crippen LogP contribution in [-0.2, 0) is 0 Å².